The van der Waals surface area contributed by atoms with Gasteiger partial charge in [-0.05, 0) is 19.4 Å². The van der Waals surface area contributed by atoms with Gasteiger partial charge in [0.25, 0.3) is 0 Å². The fourth-order valence-electron chi connectivity index (χ4n) is 2.66. The number of allylic oxidation sites excluding steroid dienone is 2. The summed E-state index contributed by atoms with van der Waals surface area (Å²) in [5.41, 5.74) is 0.505. The maximum absolute atomic E-state index is 11.7. The van der Waals surface area contributed by atoms with E-state index in [1.54, 1.807) is 13.8 Å². The van der Waals surface area contributed by atoms with Gasteiger partial charge in [0.05, 0.1) is 0 Å². The third kappa shape index (κ3) is 7.36. The summed E-state index contributed by atoms with van der Waals surface area (Å²) >= 11 is 0. The lowest BCUT2D eigenvalue weighted by molar-refractivity contribution is -0.299. The molecule has 0 unspecified atom stereocenters. The summed E-state index contributed by atoms with van der Waals surface area (Å²) in [6.07, 6.45) is -6.59. The van der Waals surface area contributed by atoms with Gasteiger partial charge in [-0.3, -0.25) is 19.2 Å². The largest absolute Gasteiger partial charge is 0.463 e. The minimum atomic E-state index is -1.42. The first kappa shape index (κ1) is 24.9. The van der Waals surface area contributed by atoms with Crippen molar-refractivity contribution in [3.05, 3.63) is 11.3 Å². The molecule has 0 amide bonds. The van der Waals surface area contributed by atoms with E-state index in [-0.39, 0.29) is 12.4 Å². The second kappa shape index (κ2) is 11.2. The number of hydrogen-bond donors (Lipinski definition) is 0. The van der Waals surface area contributed by atoms with Gasteiger partial charge in [-0.25, -0.2) is 0 Å². The van der Waals surface area contributed by atoms with E-state index in [4.69, 9.17) is 28.4 Å². The summed E-state index contributed by atoms with van der Waals surface area (Å²) in [6, 6.07) is 1.85. The van der Waals surface area contributed by atoms with Crippen LogP contribution in [0.4, 0.5) is 0 Å². The molecule has 0 N–H and O–H groups in total. The van der Waals surface area contributed by atoms with Crippen LogP contribution in [0.5, 0.6) is 0 Å². The Kier molecular flexibility index (Phi) is 9.26. The van der Waals surface area contributed by atoms with Gasteiger partial charge >= 0.3 is 23.9 Å². The van der Waals surface area contributed by atoms with E-state index in [1.807, 2.05) is 6.07 Å². The molecule has 0 aromatic rings. The lowest BCUT2D eigenvalue weighted by Gasteiger charge is -2.43. The highest BCUT2D eigenvalue weighted by Gasteiger charge is 2.53. The lowest BCUT2D eigenvalue weighted by Crippen LogP contribution is -2.62. The lowest BCUT2D eigenvalue weighted by atomic mass is 9.98. The third-order valence-electron chi connectivity index (χ3n) is 3.74. The third-order valence-corrected chi connectivity index (χ3v) is 3.74. The molecule has 0 spiro atoms. The molecule has 1 aliphatic heterocycles. The van der Waals surface area contributed by atoms with Gasteiger partial charge in [-0.1, -0.05) is 0 Å². The predicted octanol–water partition coefficient (Wildman–Crippen LogP) is 0.904. The summed E-state index contributed by atoms with van der Waals surface area (Å²) < 4.78 is 32.0. The van der Waals surface area contributed by atoms with E-state index in [9.17, 15) is 24.4 Å². The molecule has 1 saturated heterocycles. The van der Waals surface area contributed by atoms with Crippen LogP contribution in [0.25, 0.3) is 0 Å². The molecule has 166 valence electrons. The molecule has 0 radical (unpaired) electrons. The van der Waals surface area contributed by atoms with E-state index >= 15 is 0 Å². The van der Waals surface area contributed by atoms with Gasteiger partial charge in [-0.2, -0.15) is 5.26 Å². The molecule has 11 nitrogen and oxygen atoms in total. The highest BCUT2D eigenvalue weighted by molar-refractivity contribution is 5.68. The van der Waals surface area contributed by atoms with Gasteiger partial charge in [-0.15, -0.1) is 0 Å². The van der Waals surface area contributed by atoms with Gasteiger partial charge in [0.15, 0.2) is 18.0 Å². The summed E-state index contributed by atoms with van der Waals surface area (Å²) in [5.74, 6) is -3.01. The van der Waals surface area contributed by atoms with Gasteiger partial charge < -0.3 is 28.4 Å². The molecule has 0 bridgehead atoms. The predicted molar refractivity (Wildman–Crippen MR) is 97.0 cm³/mol. The molecule has 1 rings (SSSR count). The van der Waals surface area contributed by atoms with E-state index in [1.165, 1.54) is 6.92 Å². The van der Waals surface area contributed by atoms with Crippen LogP contribution < -0.4 is 0 Å². The van der Waals surface area contributed by atoms with Crippen LogP contribution in [-0.2, 0) is 47.6 Å². The molecule has 0 saturated carbocycles. The maximum atomic E-state index is 11.7. The Hall–Kier alpha value is -3.13. The van der Waals surface area contributed by atoms with Crippen LogP contribution in [0.2, 0.25) is 0 Å². The Morgan fingerprint density at radius 3 is 1.70 bits per heavy atom. The summed E-state index contributed by atoms with van der Waals surface area (Å²) in [6.45, 7) is 7.36. The van der Waals surface area contributed by atoms with E-state index in [2.05, 4.69) is 0 Å². The van der Waals surface area contributed by atoms with Crippen molar-refractivity contribution >= 4 is 23.9 Å². The molecule has 11 heteroatoms. The number of ether oxygens (including phenoxy) is 6. The molecule has 5 atom stereocenters. The second-order valence-corrected chi connectivity index (χ2v) is 6.63. The van der Waals surface area contributed by atoms with Crippen molar-refractivity contribution in [2.45, 2.75) is 72.2 Å². The summed E-state index contributed by atoms with van der Waals surface area (Å²) in [7, 11) is 0. The number of rotatable bonds is 7. The number of carbonyl (C=O) groups excluding carboxylic acids is 4. The zero-order valence-corrected chi connectivity index (χ0v) is 17.6. The quantitative estimate of drug-likeness (QED) is 0.247. The van der Waals surface area contributed by atoms with Gasteiger partial charge in [0.1, 0.15) is 18.8 Å². The normalized spacial score (nSPS) is 25.2. The van der Waals surface area contributed by atoms with Crippen LogP contribution in [0, 0.1) is 11.3 Å². The Morgan fingerprint density at radius 2 is 1.27 bits per heavy atom. The number of carbonyl (C=O) groups is 4. The van der Waals surface area contributed by atoms with Crippen molar-refractivity contribution < 1.29 is 47.6 Å². The number of hydrogen-bond acceptors (Lipinski definition) is 11. The monoisotopic (exact) mass is 427 g/mol. The highest BCUT2D eigenvalue weighted by Crippen LogP contribution is 2.31. The van der Waals surface area contributed by atoms with E-state index in [0.29, 0.717) is 5.57 Å². The molecule has 0 aliphatic carbocycles. The first-order chi connectivity index (χ1) is 14.0. The van der Waals surface area contributed by atoms with E-state index < -0.39 is 54.6 Å². The van der Waals surface area contributed by atoms with Crippen LogP contribution in [-0.4, -0.2) is 61.2 Å². The molecule has 0 aromatic carbocycles. The number of nitriles is 1. The zero-order valence-electron chi connectivity index (χ0n) is 17.6. The topological polar surface area (TPSA) is 147 Å². The Bertz CT molecular complexity index is 749. The average molecular weight is 427 g/mol. The second-order valence-electron chi connectivity index (χ2n) is 6.63. The van der Waals surface area contributed by atoms with Crippen molar-refractivity contribution in [2.75, 3.05) is 6.61 Å². The van der Waals surface area contributed by atoms with Crippen LogP contribution in [0.15, 0.2) is 11.3 Å². The highest BCUT2D eigenvalue weighted by atomic mass is 16.7. The van der Waals surface area contributed by atoms with Crippen LogP contribution in [0.1, 0.15) is 41.5 Å². The fourth-order valence-corrected chi connectivity index (χ4v) is 2.66. The molecule has 0 aromatic heterocycles. The van der Waals surface area contributed by atoms with Crippen molar-refractivity contribution in [2.24, 2.45) is 0 Å². The van der Waals surface area contributed by atoms with Gasteiger partial charge in [0.2, 0.25) is 12.4 Å². The summed E-state index contributed by atoms with van der Waals surface area (Å²) in [4.78, 5) is 46.3. The molecule has 1 heterocycles. The molecular weight excluding hydrogens is 402 g/mol. The standard InChI is InChI=1S/C19H25NO10/c1-9(2)14(7-20)29-19-18(28-13(6)24)17(27-12(5)23)16(26-11(4)22)15(30-19)8-25-10(3)21/h15-19H,8H2,1-6H3/t15-,16-,17+,18-,19-/m1/s1. The Balaban J connectivity index is 3.43. The summed E-state index contributed by atoms with van der Waals surface area (Å²) in [5, 5.41) is 9.30. The Labute approximate surface area is 173 Å². The zero-order chi connectivity index (χ0) is 23.0. The Morgan fingerprint density at radius 1 is 0.767 bits per heavy atom. The minimum absolute atomic E-state index is 0.115. The maximum Gasteiger partial charge on any atom is 0.303 e. The molecule has 1 fully saturated rings. The first-order valence-electron chi connectivity index (χ1n) is 9.01. The minimum Gasteiger partial charge on any atom is -0.463 e. The average Bonchev–Trinajstić information content (AvgIpc) is 2.60. The SMILES string of the molecule is CC(=O)OC[C@H]1O[C@@H](OC(C#N)=C(C)C)[C@H](OC(C)=O)[C@@H](OC(C)=O)[C@@H]1OC(C)=O. The van der Waals surface area contributed by atoms with Gasteiger partial charge in [0, 0.05) is 27.7 Å². The number of nitrogens with zero attached hydrogens (tertiary/aromatic N) is 1. The van der Waals surface area contributed by atoms with Crippen LogP contribution >= 0.6 is 0 Å². The smallest absolute Gasteiger partial charge is 0.303 e. The van der Waals surface area contributed by atoms with Crippen molar-refractivity contribution in [3.63, 3.8) is 0 Å². The fraction of sp³-hybridized carbons (Fsp3) is 0.632. The van der Waals surface area contributed by atoms with Crippen molar-refractivity contribution in [3.8, 4) is 6.07 Å². The molecule has 30 heavy (non-hydrogen) atoms. The molecular formula is C19H25NO10. The van der Waals surface area contributed by atoms with Crippen LogP contribution in [0.3, 0.4) is 0 Å². The number of esters is 4. The van der Waals surface area contributed by atoms with Crippen molar-refractivity contribution in [1.82, 2.24) is 0 Å². The van der Waals surface area contributed by atoms with Crippen molar-refractivity contribution in [1.29, 1.82) is 5.26 Å². The van der Waals surface area contributed by atoms with E-state index in [0.717, 1.165) is 20.8 Å². The molecule has 1 aliphatic rings. The first-order valence-corrected chi connectivity index (χ1v) is 9.01.